The summed E-state index contributed by atoms with van der Waals surface area (Å²) in [6.45, 7) is 0. The highest BCUT2D eigenvalue weighted by molar-refractivity contribution is 7.88. The van der Waals surface area contributed by atoms with E-state index in [-0.39, 0.29) is 23.4 Å². The molecular formula is C14H15F3N4O2S. The van der Waals surface area contributed by atoms with E-state index >= 15 is 0 Å². The third-order valence-electron chi connectivity index (χ3n) is 3.72. The second-order valence-corrected chi connectivity index (χ2v) is 7.59. The summed E-state index contributed by atoms with van der Waals surface area (Å²) in [5.74, 6) is -1.09. The van der Waals surface area contributed by atoms with E-state index in [0.29, 0.717) is 18.2 Å². The lowest BCUT2D eigenvalue weighted by Crippen LogP contribution is -2.49. The van der Waals surface area contributed by atoms with Gasteiger partial charge in [0, 0.05) is 17.5 Å². The zero-order chi connectivity index (χ0) is 17.5. The van der Waals surface area contributed by atoms with Gasteiger partial charge in [0.05, 0.1) is 11.8 Å². The molecule has 1 saturated carbocycles. The van der Waals surface area contributed by atoms with Gasteiger partial charge in [0.25, 0.3) is 0 Å². The maximum absolute atomic E-state index is 12.9. The first-order chi connectivity index (χ1) is 11.1. The van der Waals surface area contributed by atoms with Crippen LogP contribution in [-0.2, 0) is 16.2 Å². The predicted molar refractivity (Wildman–Crippen MR) is 83.0 cm³/mol. The maximum atomic E-state index is 12.9. The molecule has 1 aliphatic rings. The predicted octanol–water partition coefficient (Wildman–Crippen LogP) is 2.14. The Hall–Kier alpha value is -1.94. The smallest absolute Gasteiger partial charge is 0.367 e. The Balaban J connectivity index is 1.82. The summed E-state index contributed by atoms with van der Waals surface area (Å²) in [6.07, 6.45) is -2.61. The molecule has 1 aliphatic carbocycles. The number of hydrogen-bond donors (Lipinski definition) is 2. The zero-order valence-electron chi connectivity index (χ0n) is 12.6. The van der Waals surface area contributed by atoms with Crippen LogP contribution in [0.1, 0.15) is 18.7 Å². The number of rotatable bonds is 4. The standard InChI is InChI=1S/C14H15F3N4O2S/c1-24(22,23)21-9-6-8(7-9)18-12-10-4-2-3-5-11(10)19-13(20-12)14(15,16)17/h2-5,8-9,21H,6-7H2,1H3,(H,18,19,20). The fourth-order valence-corrected chi connectivity index (χ4v) is 3.44. The van der Waals surface area contributed by atoms with Crippen LogP contribution in [0.5, 0.6) is 0 Å². The van der Waals surface area contributed by atoms with Crippen LogP contribution in [0, 0.1) is 0 Å². The van der Waals surface area contributed by atoms with E-state index in [4.69, 9.17) is 0 Å². The quantitative estimate of drug-likeness (QED) is 0.873. The van der Waals surface area contributed by atoms with E-state index in [1.165, 1.54) is 6.07 Å². The molecule has 2 N–H and O–H groups in total. The van der Waals surface area contributed by atoms with Crippen molar-refractivity contribution in [2.75, 3.05) is 11.6 Å². The SMILES string of the molecule is CS(=O)(=O)NC1CC(Nc2nc(C(F)(F)F)nc3ccccc23)C1. The highest BCUT2D eigenvalue weighted by Gasteiger charge is 2.36. The topological polar surface area (TPSA) is 84.0 Å². The van der Waals surface area contributed by atoms with Crippen molar-refractivity contribution in [3.63, 3.8) is 0 Å². The average molecular weight is 360 g/mol. The first-order valence-electron chi connectivity index (χ1n) is 7.19. The van der Waals surface area contributed by atoms with Crippen LogP contribution in [0.25, 0.3) is 10.9 Å². The molecule has 1 heterocycles. The molecule has 2 aromatic rings. The van der Waals surface area contributed by atoms with Crippen LogP contribution in [0.2, 0.25) is 0 Å². The molecule has 0 unspecified atom stereocenters. The van der Waals surface area contributed by atoms with Gasteiger partial charge in [0.15, 0.2) is 0 Å². The lowest BCUT2D eigenvalue weighted by atomic mass is 9.87. The molecule has 0 aliphatic heterocycles. The van der Waals surface area contributed by atoms with Gasteiger partial charge in [-0.3, -0.25) is 0 Å². The van der Waals surface area contributed by atoms with Crippen LogP contribution in [-0.4, -0.2) is 36.7 Å². The fraction of sp³-hybridized carbons (Fsp3) is 0.429. The molecule has 0 spiro atoms. The second-order valence-electron chi connectivity index (χ2n) is 5.81. The van der Waals surface area contributed by atoms with Gasteiger partial charge < -0.3 is 5.32 Å². The maximum Gasteiger partial charge on any atom is 0.451 e. The molecule has 1 aromatic carbocycles. The monoisotopic (exact) mass is 360 g/mol. The van der Waals surface area contributed by atoms with Crippen molar-refractivity contribution in [2.45, 2.75) is 31.1 Å². The summed E-state index contributed by atoms with van der Waals surface area (Å²) < 4.78 is 63.6. The Morgan fingerprint density at radius 2 is 1.79 bits per heavy atom. The van der Waals surface area contributed by atoms with Crippen LogP contribution in [0.3, 0.4) is 0 Å². The third kappa shape index (κ3) is 3.75. The minimum Gasteiger partial charge on any atom is -0.367 e. The Labute approximate surface area is 136 Å². The van der Waals surface area contributed by atoms with E-state index in [2.05, 4.69) is 20.0 Å². The first kappa shape index (κ1) is 16.9. The van der Waals surface area contributed by atoms with Crippen molar-refractivity contribution in [3.05, 3.63) is 30.1 Å². The minimum atomic E-state index is -4.64. The molecule has 1 aromatic heterocycles. The number of alkyl halides is 3. The molecule has 6 nitrogen and oxygen atoms in total. The van der Waals surface area contributed by atoms with Crippen molar-refractivity contribution in [3.8, 4) is 0 Å². The summed E-state index contributed by atoms with van der Waals surface area (Å²) in [7, 11) is -3.29. The molecule has 3 rings (SSSR count). The summed E-state index contributed by atoms with van der Waals surface area (Å²) in [6, 6.07) is 6.07. The van der Waals surface area contributed by atoms with Crippen molar-refractivity contribution in [1.82, 2.24) is 14.7 Å². The number of halogens is 3. The number of benzene rings is 1. The van der Waals surface area contributed by atoms with Crippen molar-refractivity contribution in [1.29, 1.82) is 0 Å². The molecule has 0 amide bonds. The zero-order valence-corrected chi connectivity index (χ0v) is 13.4. The van der Waals surface area contributed by atoms with Gasteiger partial charge in [-0.25, -0.2) is 23.1 Å². The third-order valence-corrected chi connectivity index (χ3v) is 4.48. The number of aromatic nitrogens is 2. The molecule has 10 heteroatoms. The number of hydrogen-bond acceptors (Lipinski definition) is 5. The lowest BCUT2D eigenvalue weighted by molar-refractivity contribution is -0.144. The molecule has 24 heavy (non-hydrogen) atoms. The average Bonchev–Trinajstić information content (AvgIpc) is 2.42. The Morgan fingerprint density at radius 3 is 2.42 bits per heavy atom. The highest BCUT2D eigenvalue weighted by atomic mass is 32.2. The molecule has 0 radical (unpaired) electrons. The summed E-state index contributed by atoms with van der Waals surface area (Å²) in [5.41, 5.74) is 0.201. The van der Waals surface area contributed by atoms with Crippen molar-refractivity contribution < 1.29 is 21.6 Å². The van der Waals surface area contributed by atoms with Crippen molar-refractivity contribution >= 4 is 26.7 Å². The summed E-state index contributed by atoms with van der Waals surface area (Å²) in [4.78, 5) is 7.16. The Morgan fingerprint density at radius 1 is 1.12 bits per heavy atom. The summed E-state index contributed by atoms with van der Waals surface area (Å²) in [5, 5.41) is 3.45. The molecule has 0 bridgehead atoms. The van der Waals surface area contributed by atoms with Gasteiger partial charge in [-0.15, -0.1) is 0 Å². The van der Waals surface area contributed by atoms with Gasteiger partial charge >= 0.3 is 6.18 Å². The molecule has 0 saturated heterocycles. The van der Waals surface area contributed by atoms with Gasteiger partial charge in [0.1, 0.15) is 5.82 Å². The van der Waals surface area contributed by atoms with E-state index in [1.807, 2.05) is 0 Å². The van der Waals surface area contributed by atoms with Gasteiger partial charge in [-0.1, -0.05) is 12.1 Å². The molecule has 130 valence electrons. The van der Waals surface area contributed by atoms with E-state index in [0.717, 1.165) is 6.26 Å². The fourth-order valence-electron chi connectivity index (χ4n) is 2.64. The van der Waals surface area contributed by atoms with E-state index in [9.17, 15) is 21.6 Å². The number of sulfonamides is 1. The lowest BCUT2D eigenvalue weighted by Gasteiger charge is -2.36. The van der Waals surface area contributed by atoms with Crippen LogP contribution < -0.4 is 10.0 Å². The molecule has 0 atom stereocenters. The van der Waals surface area contributed by atoms with Crippen LogP contribution in [0.15, 0.2) is 24.3 Å². The van der Waals surface area contributed by atoms with Crippen LogP contribution in [0.4, 0.5) is 19.0 Å². The molecular weight excluding hydrogens is 345 g/mol. The van der Waals surface area contributed by atoms with Gasteiger partial charge in [-0.05, 0) is 25.0 Å². The summed E-state index contributed by atoms with van der Waals surface area (Å²) >= 11 is 0. The van der Waals surface area contributed by atoms with Gasteiger partial charge in [0.2, 0.25) is 15.8 Å². The van der Waals surface area contributed by atoms with E-state index in [1.54, 1.807) is 18.2 Å². The van der Waals surface area contributed by atoms with Crippen LogP contribution >= 0.6 is 0 Å². The number of fused-ring (bicyclic) bond motifs is 1. The highest BCUT2D eigenvalue weighted by Crippen LogP contribution is 2.32. The normalized spacial score (nSPS) is 21.5. The largest absolute Gasteiger partial charge is 0.451 e. The van der Waals surface area contributed by atoms with Crippen molar-refractivity contribution in [2.24, 2.45) is 0 Å². The molecule has 1 fully saturated rings. The van der Waals surface area contributed by atoms with Gasteiger partial charge in [-0.2, -0.15) is 13.2 Å². The number of para-hydroxylation sites is 1. The van der Waals surface area contributed by atoms with E-state index < -0.39 is 22.0 Å². The number of anilines is 1. The number of nitrogens with zero attached hydrogens (tertiary/aromatic N) is 2. The first-order valence-corrected chi connectivity index (χ1v) is 9.09. The Kier molecular flexibility index (Phi) is 4.12. The second kappa shape index (κ2) is 5.85. The minimum absolute atomic E-state index is 0.107. The number of nitrogens with one attached hydrogen (secondary N) is 2. The Bertz CT molecular complexity index is 864.